The molecule has 0 aromatic rings. The minimum atomic E-state index is -0.761. The molecule has 2 aliphatic rings. The van der Waals surface area contributed by atoms with E-state index in [-0.39, 0.29) is 62.1 Å². The molecule has 366 valence electrons. The molecule has 0 bridgehead atoms. The van der Waals surface area contributed by atoms with E-state index >= 15 is 0 Å². The summed E-state index contributed by atoms with van der Waals surface area (Å²) in [4.78, 5) is 83.6. The number of ether oxygens (including phenoxy) is 5. The van der Waals surface area contributed by atoms with Gasteiger partial charge in [0.2, 0.25) is 11.8 Å². The van der Waals surface area contributed by atoms with Crippen molar-refractivity contribution < 1.29 is 67.5 Å². The molecule has 0 saturated carbocycles. The van der Waals surface area contributed by atoms with Crippen LogP contribution in [0.25, 0.3) is 0 Å². The second-order valence-electron chi connectivity index (χ2n) is 16.8. The van der Waals surface area contributed by atoms with Crippen LogP contribution in [0.1, 0.15) is 146 Å². The first kappa shape index (κ1) is 59.2. The lowest BCUT2D eigenvalue weighted by molar-refractivity contribution is -0.153. The number of allylic oxidation sites excluding steroid dienone is 1. The van der Waals surface area contributed by atoms with Gasteiger partial charge in [-0.25, -0.2) is 9.59 Å². The molecule has 17 nitrogen and oxygen atoms in total. The Bertz CT molecular complexity index is 1550. The average molecular weight is 910 g/mol. The number of hydrogen-bond donors (Lipinski definition) is 3. The Kier molecular flexibility index (Phi) is 29.6. The van der Waals surface area contributed by atoms with Gasteiger partial charge in [-0.3, -0.25) is 19.2 Å². The first-order valence-corrected chi connectivity index (χ1v) is 22.4. The van der Waals surface area contributed by atoms with Crippen LogP contribution in [0.4, 0.5) is 4.79 Å². The van der Waals surface area contributed by atoms with Gasteiger partial charge in [-0.2, -0.15) is 0 Å². The summed E-state index contributed by atoms with van der Waals surface area (Å²) in [5, 5.41) is 23.6. The molecule has 3 amide bonds. The first-order valence-electron chi connectivity index (χ1n) is 22.4. The first-order chi connectivity index (χ1) is 29.9. The highest BCUT2D eigenvalue weighted by molar-refractivity contribution is 5.87. The number of alkyl carbamates (subject to hydrolysis) is 1. The van der Waals surface area contributed by atoms with Crippen molar-refractivity contribution in [1.29, 1.82) is 0 Å². The van der Waals surface area contributed by atoms with Crippen molar-refractivity contribution in [3.8, 4) is 0 Å². The highest BCUT2D eigenvalue weighted by Crippen LogP contribution is 2.23. The van der Waals surface area contributed by atoms with Crippen LogP contribution >= 0.6 is 0 Å². The van der Waals surface area contributed by atoms with Gasteiger partial charge in [0.05, 0.1) is 18.8 Å². The van der Waals surface area contributed by atoms with E-state index in [1.165, 1.54) is 27.7 Å². The van der Waals surface area contributed by atoms with E-state index in [1.807, 2.05) is 27.7 Å². The average Bonchev–Trinajstić information content (AvgIpc) is 3.82. The minimum Gasteiger partial charge on any atom is -0.492 e. The van der Waals surface area contributed by atoms with Gasteiger partial charge in [0.25, 0.3) is 0 Å². The highest BCUT2D eigenvalue weighted by Gasteiger charge is 2.31. The van der Waals surface area contributed by atoms with E-state index < -0.39 is 60.6 Å². The molecule has 2 heterocycles. The molecule has 8 atom stereocenters. The zero-order chi connectivity index (χ0) is 49.1. The monoisotopic (exact) mass is 910 g/mol. The van der Waals surface area contributed by atoms with Crippen LogP contribution in [0.2, 0.25) is 0 Å². The maximum absolute atomic E-state index is 12.1. The van der Waals surface area contributed by atoms with E-state index in [0.29, 0.717) is 68.4 Å². The van der Waals surface area contributed by atoms with Gasteiger partial charge in [0, 0.05) is 83.1 Å². The fourth-order valence-corrected chi connectivity index (χ4v) is 7.04. The molecule has 0 radical (unpaired) electrons. The predicted molar refractivity (Wildman–Crippen MR) is 241 cm³/mol. The van der Waals surface area contributed by atoms with E-state index in [4.69, 9.17) is 23.7 Å². The minimum absolute atomic E-state index is 0.0730. The molecule has 2 aliphatic heterocycles. The van der Waals surface area contributed by atoms with Crippen molar-refractivity contribution in [2.75, 3.05) is 26.2 Å². The molecule has 64 heavy (non-hydrogen) atoms. The van der Waals surface area contributed by atoms with E-state index in [2.05, 4.69) is 25.1 Å². The number of Topliss-reactive ketones (excluding diaryl/α,β-unsaturated/α-hetero) is 1. The number of carbonyl (C=O) groups excluding carboxylic acids is 7. The molecule has 0 aliphatic carbocycles. The maximum Gasteiger partial charge on any atom is 0.407 e. The molecule has 0 aromatic heterocycles. The van der Waals surface area contributed by atoms with Crippen LogP contribution in [0.15, 0.2) is 36.6 Å². The smallest absolute Gasteiger partial charge is 0.407 e. The number of ketones is 1. The molecule has 2 fully saturated rings. The standard InChI is InChI=1S/C24H40N2O7.C20H33NO6.C3H6O/c1-7-21(33-24(30)25-10-12-31-18(5)16(2)3)15-22(32-19(6)27)14-20(28)13-17(4)26-11-8-9-23(26)29;1-6-17(27-20(25)13(2)3)12-18(26-15(5)22)11-16(23)10-14(4)21-9-7-8-19(21)24;1-3(2)4/h17,20-22,28H,2,5,7-15H2,1,3-4,6H3,(H,25,30);14,16-18,23H,2,6-12H2,1,3-5H3;1-2H3. The van der Waals surface area contributed by atoms with E-state index in [9.17, 15) is 43.8 Å². The lowest BCUT2D eigenvalue weighted by Gasteiger charge is -2.29. The second kappa shape index (κ2) is 32.0. The zero-order valence-electron chi connectivity index (χ0n) is 40.2. The molecule has 2 saturated heterocycles. The lowest BCUT2D eigenvalue weighted by atomic mass is 9.99. The van der Waals surface area contributed by atoms with Crippen LogP contribution in [-0.4, -0.2) is 137 Å². The van der Waals surface area contributed by atoms with Crippen LogP contribution in [0.5, 0.6) is 0 Å². The summed E-state index contributed by atoms with van der Waals surface area (Å²) in [6, 6.07) is -0.170. The number of aliphatic hydroxyl groups excluding tert-OH is 2. The quantitative estimate of drug-likeness (QED) is 0.0225. The Morgan fingerprint density at radius 3 is 1.36 bits per heavy atom. The van der Waals surface area contributed by atoms with Crippen LogP contribution in [-0.2, 0) is 52.5 Å². The van der Waals surface area contributed by atoms with Crippen LogP contribution in [0, 0.1) is 0 Å². The van der Waals surface area contributed by atoms with Gasteiger partial charge in [-0.15, -0.1) is 0 Å². The number of nitrogens with one attached hydrogen (secondary N) is 1. The van der Waals surface area contributed by atoms with Crippen molar-refractivity contribution in [2.45, 2.75) is 195 Å². The van der Waals surface area contributed by atoms with Crippen LogP contribution in [0.3, 0.4) is 0 Å². The summed E-state index contributed by atoms with van der Waals surface area (Å²) in [5.41, 5.74) is 1.02. The molecule has 3 N–H and O–H groups in total. The SMILES string of the molecule is C=C(C)C(=C)OCCNC(=O)OC(CC)CC(CC(O)CC(C)N1CCCC1=O)OC(C)=O.C=C(C)C(=O)OC(CC)CC(CC(O)CC(C)N1CCCC1=O)OC(C)=O.CC(C)=O. The zero-order valence-corrected chi connectivity index (χ0v) is 40.2. The Labute approximate surface area is 381 Å². The van der Waals surface area contributed by atoms with Gasteiger partial charge >= 0.3 is 24.0 Å². The van der Waals surface area contributed by atoms with Crippen molar-refractivity contribution >= 4 is 41.6 Å². The number of esters is 3. The number of hydrogen-bond acceptors (Lipinski definition) is 14. The predicted octanol–water partition coefficient (Wildman–Crippen LogP) is 6.02. The summed E-state index contributed by atoms with van der Waals surface area (Å²) in [5.74, 6) is -0.553. The van der Waals surface area contributed by atoms with E-state index in [0.717, 1.165) is 19.4 Å². The Morgan fingerprint density at radius 2 is 1.03 bits per heavy atom. The fourth-order valence-electron chi connectivity index (χ4n) is 7.04. The number of carbonyl (C=O) groups is 7. The van der Waals surface area contributed by atoms with Crippen molar-refractivity contribution in [1.82, 2.24) is 15.1 Å². The number of nitrogens with zero attached hydrogens (tertiary/aromatic N) is 2. The summed E-state index contributed by atoms with van der Waals surface area (Å²) < 4.78 is 26.9. The van der Waals surface area contributed by atoms with E-state index in [1.54, 1.807) is 23.6 Å². The molecule has 0 aromatic carbocycles. The van der Waals surface area contributed by atoms with Crippen molar-refractivity contribution in [3.05, 3.63) is 36.6 Å². The summed E-state index contributed by atoms with van der Waals surface area (Å²) in [6.07, 6.45) is 1.46. The number of aliphatic hydroxyl groups is 2. The number of amides is 3. The third kappa shape index (κ3) is 26.8. The van der Waals surface area contributed by atoms with Crippen molar-refractivity contribution in [3.63, 3.8) is 0 Å². The van der Waals surface area contributed by atoms with Gasteiger partial charge in [-0.05, 0) is 85.6 Å². The number of rotatable bonds is 26. The lowest BCUT2D eigenvalue weighted by Crippen LogP contribution is -2.38. The van der Waals surface area contributed by atoms with Gasteiger partial charge in [0.15, 0.2) is 0 Å². The maximum atomic E-state index is 12.1. The molecule has 0 spiro atoms. The van der Waals surface area contributed by atoms with Gasteiger partial charge in [-0.1, -0.05) is 33.6 Å². The number of likely N-dealkylation sites (tertiary alicyclic amines) is 2. The highest BCUT2D eigenvalue weighted by atomic mass is 16.6. The largest absolute Gasteiger partial charge is 0.492 e. The van der Waals surface area contributed by atoms with Crippen LogP contribution < -0.4 is 5.32 Å². The Hall–Kier alpha value is -4.77. The Morgan fingerprint density at radius 1 is 0.625 bits per heavy atom. The molecular formula is C47H79N3O14. The fraction of sp³-hybridized carbons (Fsp3) is 0.723. The summed E-state index contributed by atoms with van der Waals surface area (Å²) >= 11 is 0. The third-order valence-electron chi connectivity index (χ3n) is 10.2. The van der Waals surface area contributed by atoms with Gasteiger partial charge in [0.1, 0.15) is 42.6 Å². The summed E-state index contributed by atoms with van der Waals surface area (Å²) in [6.45, 7) is 29.5. The van der Waals surface area contributed by atoms with Crippen molar-refractivity contribution in [2.24, 2.45) is 0 Å². The molecule has 17 heteroatoms. The normalized spacial score (nSPS) is 17.0. The molecular weight excluding hydrogens is 831 g/mol. The molecule has 8 unspecified atom stereocenters. The third-order valence-corrected chi connectivity index (χ3v) is 10.2. The van der Waals surface area contributed by atoms with Gasteiger partial charge < -0.3 is 53.8 Å². The topological polar surface area (TPSA) is 225 Å². The second-order valence-corrected chi connectivity index (χ2v) is 16.8. The Balaban J connectivity index is 0.00000116. The summed E-state index contributed by atoms with van der Waals surface area (Å²) in [7, 11) is 0. The molecule has 2 rings (SSSR count).